The van der Waals surface area contributed by atoms with Gasteiger partial charge in [-0.3, -0.25) is 24.2 Å². The van der Waals surface area contributed by atoms with Crippen molar-refractivity contribution in [2.24, 2.45) is 22.4 Å². The molecule has 0 aliphatic heterocycles. The summed E-state index contributed by atoms with van der Waals surface area (Å²) in [5.74, 6) is -2.73. The van der Waals surface area contributed by atoms with Crippen LogP contribution in [0.25, 0.3) is 0 Å². The van der Waals surface area contributed by atoms with Crippen molar-refractivity contribution in [3.05, 3.63) is 0 Å². The number of rotatable bonds is 8. The van der Waals surface area contributed by atoms with E-state index < -0.39 is 23.8 Å². The summed E-state index contributed by atoms with van der Waals surface area (Å²) in [5, 5.41) is 2.29. The monoisotopic (exact) mass is 284 g/mol. The van der Waals surface area contributed by atoms with Crippen LogP contribution in [0.15, 0.2) is 4.99 Å². The number of Topliss-reactive ketones (excluding diaryl/α,β-unsaturated/α-hetero) is 1. The van der Waals surface area contributed by atoms with Crippen LogP contribution in [0.1, 0.15) is 26.7 Å². The number of carbonyl (C=O) groups is 4. The van der Waals surface area contributed by atoms with E-state index in [4.69, 9.17) is 11.5 Å². The zero-order valence-corrected chi connectivity index (χ0v) is 11.8. The van der Waals surface area contributed by atoms with Crippen molar-refractivity contribution in [2.75, 3.05) is 7.05 Å². The fourth-order valence-corrected chi connectivity index (χ4v) is 1.38. The molecule has 0 aromatic rings. The van der Waals surface area contributed by atoms with E-state index in [1.54, 1.807) is 6.92 Å². The van der Waals surface area contributed by atoms with Crippen molar-refractivity contribution in [1.82, 2.24) is 5.32 Å². The van der Waals surface area contributed by atoms with Gasteiger partial charge in [-0.25, -0.2) is 0 Å². The Bertz CT molecular complexity index is 445. The van der Waals surface area contributed by atoms with Gasteiger partial charge in [0.1, 0.15) is 11.8 Å². The number of nitrogens with zero attached hydrogens (tertiary/aromatic N) is 1. The van der Waals surface area contributed by atoms with E-state index in [2.05, 4.69) is 10.3 Å². The number of amides is 3. The van der Waals surface area contributed by atoms with Crippen LogP contribution in [-0.4, -0.2) is 42.3 Å². The average molecular weight is 284 g/mol. The quantitative estimate of drug-likeness (QED) is 0.466. The van der Waals surface area contributed by atoms with Crippen LogP contribution < -0.4 is 16.8 Å². The number of aliphatic imine (C=N–C) groups is 1. The Hall–Kier alpha value is -2.25. The summed E-state index contributed by atoms with van der Waals surface area (Å²) in [4.78, 5) is 48.8. The van der Waals surface area contributed by atoms with Crippen molar-refractivity contribution in [3.8, 4) is 0 Å². The lowest BCUT2D eigenvalue weighted by Crippen LogP contribution is -2.49. The third-order valence-electron chi connectivity index (χ3n) is 2.78. The second-order valence-corrected chi connectivity index (χ2v) is 4.48. The molecule has 0 aliphatic rings. The fraction of sp³-hybridized carbons (Fsp3) is 0.583. The highest BCUT2D eigenvalue weighted by Gasteiger charge is 2.24. The first-order chi connectivity index (χ1) is 9.18. The van der Waals surface area contributed by atoms with Gasteiger partial charge < -0.3 is 16.8 Å². The van der Waals surface area contributed by atoms with E-state index in [-0.39, 0.29) is 30.3 Å². The predicted molar refractivity (Wildman–Crippen MR) is 72.8 cm³/mol. The Balaban J connectivity index is 4.80. The predicted octanol–water partition coefficient (Wildman–Crippen LogP) is -1.48. The lowest BCUT2D eigenvalue weighted by molar-refractivity contribution is -0.127. The Morgan fingerprint density at radius 1 is 1.15 bits per heavy atom. The highest BCUT2D eigenvalue weighted by Crippen LogP contribution is 2.05. The molecule has 0 heterocycles. The maximum atomic E-state index is 11.9. The van der Waals surface area contributed by atoms with E-state index in [1.807, 2.05) is 0 Å². The summed E-state index contributed by atoms with van der Waals surface area (Å²) in [6.07, 6.45) is -0.250. The first-order valence-corrected chi connectivity index (χ1v) is 6.03. The van der Waals surface area contributed by atoms with Crippen molar-refractivity contribution >= 4 is 29.2 Å². The van der Waals surface area contributed by atoms with Gasteiger partial charge in [-0.2, -0.15) is 0 Å². The molecular formula is C12H20N4O4. The zero-order chi connectivity index (χ0) is 15.9. The number of nitrogens with two attached hydrogens (primary N) is 2. The maximum absolute atomic E-state index is 11.9. The number of hydrogen-bond acceptors (Lipinski definition) is 5. The summed E-state index contributed by atoms with van der Waals surface area (Å²) >= 11 is 0. The number of ketones is 1. The molecule has 0 aliphatic carbocycles. The fourth-order valence-electron chi connectivity index (χ4n) is 1.38. The highest BCUT2D eigenvalue weighted by molar-refractivity contribution is 6.39. The van der Waals surface area contributed by atoms with Crippen molar-refractivity contribution in [2.45, 2.75) is 32.7 Å². The second-order valence-electron chi connectivity index (χ2n) is 4.48. The third kappa shape index (κ3) is 6.07. The first-order valence-electron chi connectivity index (χ1n) is 6.03. The molecule has 0 spiro atoms. The molecule has 2 atom stereocenters. The van der Waals surface area contributed by atoms with Gasteiger partial charge in [-0.1, -0.05) is 6.92 Å². The van der Waals surface area contributed by atoms with Gasteiger partial charge in [0, 0.05) is 19.4 Å². The largest absolute Gasteiger partial charge is 0.370 e. The number of nitrogens with one attached hydrogen (secondary N) is 1. The zero-order valence-electron chi connectivity index (χ0n) is 11.8. The maximum Gasteiger partial charge on any atom is 0.265 e. The molecule has 5 N–H and O–H groups in total. The van der Waals surface area contributed by atoms with E-state index in [9.17, 15) is 19.2 Å². The van der Waals surface area contributed by atoms with Crippen LogP contribution in [0.5, 0.6) is 0 Å². The van der Waals surface area contributed by atoms with Gasteiger partial charge in [0.25, 0.3) is 5.91 Å². The molecule has 0 saturated carbocycles. The summed E-state index contributed by atoms with van der Waals surface area (Å²) < 4.78 is 0. The molecule has 8 nitrogen and oxygen atoms in total. The van der Waals surface area contributed by atoms with Crippen LogP contribution in [0, 0.1) is 5.92 Å². The Labute approximate surface area is 117 Å². The lowest BCUT2D eigenvalue weighted by Gasteiger charge is -2.15. The topological polar surface area (TPSA) is 145 Å². The summed E-state index contributed by atoms with van der Waals surface area (Å²) in [6, 6.07) is -1.19. The SMILES string of the molecule is CN=C(CC(C)C(C)=O)C(=O)NC(CC(N)=O)C(N)=O. The molecule has 0 saturated heterocycles. The van der Waals surface area contributed by atoms with Crippen LogP contribution in [0.4, 0.5) is 0 Å². The van der Waals surface area contributed by atoms with E-state index in [0.29, 0.717) is 0 Å². The van der Waals surface area contributed by atoms with Crippen molar-refractivity contribution in [1.29, 1.82) is 0 Å². The molecule has 0 aromatic heterocycles. The molecule has 112 valence electrons. The van der Waals surface area contributed by atoms with Crippen LogP contribution in [0.2, 0.25) is 0 Å². The molecule has 3 amide bonds. The van der Waals surface area contributed by atoms with Crippen LogP contribution in [-0.2, 0) is 19.2 Å². The smallest absolute Gasteiger partial charge is 0.265 e. The second kappa shape index (κ2) is 8.03. The Morgan fingerprint density at radius 2 is 1.70 bits per heavy atom. The highest BCUT2D eigenvalue weighted by atomic mass is 16.2. The van der Waals surface area contributed by atoms with Crippen molar-refractivity contribution < 1.29 is 19.2 Å². The molecule has 0 radical (unpaired) electrons. The number of carbonyl (C=O) groups excluding carboxylic acids is 4. The normalized spacial score (nSPS) is 14.2. The molecule has 8 heteroatoms. The minimum absolute atomic E-state index is 0.0810. The van der Waals surface area contributed by atoms with Gasteiger partial charge in [-0.05, 0) is 6.92 Å². The summed E-state index contributed by atoms with van der Waals surface area (Å²) in [5.41, 5.74) is 10.1. The standard InChI is InChI=1S/C12H20N4O4/c1-6(7(2)17)4-9(15-3)12(20)16-8(11(14)19)5-10(13)18/h6,8H,4-5H2,1-3H3,(H2,13,18)(H2,14,19)(H,16,20). The molecule has 20 heavy (non-hydrogen) atoms. The summed E-state index contributed by atoms with van der Waals surface area (Å²) in [7, 11) is 1.40. The van der Waals surface area contributed by atoms with E-state index >= 15 is 0 Å². The minimum atomic E-state index is -1.19. The minimum Gasteiger partial charge on any atom is -0.370 e. The van der Waals surface area contributed by atoms with Gasteiger partial charge in [0.2, 0.25) is 11.8 Å². The molecule has 2 unspecified atom stereocenters. The number of hydrogen-bond donors (Lipinski definition) is 3. The van der Waals surface area contributed by atoms with Crippen LogP contribution >= 0.6 is 0 Å². The molecule has 0 rings (SSSR count). The third-order valence-corrected chi connectivity index (χ3v) is 2.78. The molecule has 0 aromatic carbocycles. The Kier molecular flexibility index (Phi) is 7.12. The van der Waals surface area contributed by atoms with Crippen LogP contribution in [0.3, 0.4) is 0 Å². The van der Waals surface area contributed by atoms with Gasteiger partial charge in [0.05, 0.1) is 12.1 Å². The Morgan fingerprint density at radius 3 is 2.05 bits per heavy atom. The van der Waals surface area contributed by atoms with Gasteiger partial charge in [0.15, 0.2) is 0 Å². The van der Waals surface area contributed by atoms with E-state index in [0.717, 1.165) is 0 Å². The van der Waals surface area contributed by atoms with Crippen molar-refractivity contribution in [3.63, 3.8) is 0 Å². The van der Waals surface area contributed by atoms with Gasteiger partial charge in [-0.15, -0.1) is 0 Å². The molecule has 0 fully saturated rings. The average Bonchev–Trinajstić information content (AvgIpc) is 2.33. The lowest BCUT2D eigenvalue weighted by atomic mass is 9.99. The number of primary amides is 2. The van der Waals surface area contributed by atoms with Gasteiger partial charge >= 0.3 is 0 Å². The molecule has 0 bridgehead atoms. The first kappa shape index (κ1) is 17.8. The van der Waals surface area contributed by atoms with E-state index in [1.165, 1.54) is 14.0 Å². The summed E-state index contributed by atoms with van der Waals surface area (Å²) in [6.45, 7) is 3.07. The molecular weight excluding hydrogens is 264 g/mol.